The maximum Gasteiger partial charge on any atom is 0.239 e. The molecule has 0 bridgehead atoms. The standard InChI is InChI=1S/C17H12BrClN2O2S2/c18-11-5-7-12(8-6-11)25(23)10-16(22)21-17-20-15(9-24-17)13-3-1-2-4-14(13)19/h1-9H,10H2,(H,20,21,22). The largest absolute Gasteiger partial charge is 0.301 e. The molecule has 0 saturated carbocycles. The van der Waals surface area contributed by atoms with E-state index in [-0.39, 0.29) is 11.7 Å². The number of rotatable bonds is 5. The molecule has 2 aromatic carbocycles. The van der Waals surface area contributed by atoms with Crippen molar-refractivity contribution in [2.24, 2.45) is 0 Å². The van der Waals surface area contributed by atoms with Gasteiger partial charge in [-0.15, -0.1) is 11.3 Å². The van der Waals surface area contributed by atoms with Crippen LogP contribution < -0.4 is 5.32 Å². The van der Waals surface area contributed by atoms with Crippen LogP contribution in [0.1, 0.15) is 0 Å². The maximum absolute atomic E-state index is 12.2. The Balaban J connectivity index is 1.65. The van der Waals surface area contributed by atoms with Gasteiger partial charge >= 0.3 is 0 Å². The van der Waals surface area contributed by atoms with Crippen molar-refractivity contribution < 1.29 is 9.00 Å². The molecule has 25 heavy (non-hydrogen) atoms. The summed E-state index contributed by atoms with van der Waals surface area (Å²) in [6.07, 6.45) is 0. The number of carbonyl (C=O) groups is 1. The van der Waals surface area contributed by atoms with E-state index < -0.39 is 10.8 Å². The number of halogens is 2. The van der Waals surface area contributed by atoms with E-state index in [2.05, 4.69) is 26.2 Å². The number of carbonyl (C=O) groups excluding carboxylic acids is 1. The first kappa shape index (κ1) is 18.3. The number of aromatic nitrogens is 1. The van der Waals surface area contributed by atoms with E-state index in [0.29, 0.717) is 20.7 Å². The molecule has 1 unspecified atom stereocenters. The van der Waals surface area contributed by atoms with Crippen LogP contribution in [-0.4, -0.2) is 20.9 Å². The van der Waals surface area contributed by atoms with E-state index in [9.17, 15) is 9.00 Å². The van der Waals surface area contributed by atoms with E-state index in [1.54, 1.807) is 30.3 Å². The predicted molar refractivity (Wildman–Crippen MR) is 107 cm³/mol. The van der Waals surface area contributed by atoms with Gasteiger partial charge in [-0.05, 0) is 30.3 Å². The highest BCUT2D eigenvalue weighted by Crippen LogP contribution is 2.30. The normalized spacial score (nSPS) is 11.9. The average molecular weight is 456 g/mol. The molecule has 1 atom stereocenters. The smallest absolute Gasteiger partial charge is 0.239 e. The fraction of sp³-hybridized carbons (Fsp3) is 0.0588. The van der Waals surface area contributed by atoms with Crippen LogP contribution in [0.25, 0.3) is 11.3 Å². The second kappa shape index (κ2) is 8.23. The molecule has 1 heterocycles. The second-order valence-electron chi connectivity index (χ2n) is 5.01. The molecule has 1 aromatic heterocycles. The molecule has 0 fully saturated rings. The van der Waals surface area contributed by atoms with Crippen molar-refractivity contribution >= 4 is 60.7 Å². The summed E-state index contributed by atoms with van der Waals surface area (Å²) in [5.74, 6) is -0.468. The Labute approximate surface area is 164 Å². The summed E-state index contributed by atoms with van der Waals surface area (Å²) >= 11 is 10.8. The van der Waals surface area contributed by atoms with Gasteiger partial charge in [0.1, 0.15) is 5.75 Å². The maximum atomic E-state index is 12.2. The first-order chi connectivity index (χ1) is 12.0. The van der Waals surface area contributed by atoms with Crippen molar-refractivity contribution in [1.82, 2.24) is 4.98 Å². The number of amides is 1. The molecule has 0 saturated heterocycles. The zero-order valence-corrected chi connectivity index (χ0v) is 16.7. The minimum absolute atomic E-state index is 0.122. The molecular formula is C17H12BrClN2O2S2. The molecule has 1 N–H and O–H groups in total. The van der Waals surface area contributed by atoms with Crippen LogP contribution in [0.4, 0.5) is 5.13 Å². The summed E-state index contributed by atoms with van der Waals surface area (Å²) in [6, 6.07) is 14.4. The summed E-state index contributed by atoms with van der Waals surface area (Å²) in [5, 5.41) is 5.56. The summed E-state index contributed by atoms with van der Waals surface area (Å²) < 4.78 is 13.1. The fourth-order valence-corrected chi connectivity index (χ4v) is 4.21. The summed E-state index contributed by atoms with van der Waals surface area (Å²) in [6.45, 7) is 0. The Bertz CT molecular complexity index is 928. The second-order valence-corrected chi connectivity index (χ2v) is 8.64. The lowest BCUT2D eigenvalue weighted by Gasteiger charge is -2.03. The van der Waals surface area contributed by atoms with Crippen LogP contribution >= 0.6 is 38.9 Å². The number of hydrogen-bond acceptors (Lipinski definition) is 4. The monoisotopic (exact) mass is 454 g/mol. The molecular weight excluding hydrogens is 444 g/mol. The van der Waals surface area contributed by atoms with Gasteiger partial charge in [0, 0.05) is 25.3 Å². The third kappa shape index (κ3) is 4.76. The number of benzene rings is 2. The van der Waals surface area contributed by atoms with Gasteiger partial charge in [-0.2, -0.15) is 0 Å². The quantitative estimate of drug-likeness (QED) is 0.591. The molecule has 3 aromatic rings. The van der Waals surface area contributed by atoms with Crippen molar-refractivity contribution in [2.75, 3.05) is 11.1 Å². The highest BCUT2D eigenvalue weighted by Gasteiger charge is 2.13. The summed E-state index contributed by atoms with van der Waals surface area (Å²) in [4.78, 5) is 17.1. The molecule has 3 rings (SSSR count). The van der Waals surface area contributed by atoms with Gasteiger partial charge in [0.25, 0.3) is 0 Å². The lowest BCUT2D eigenvalue weighted by molar-refractivity contribution is -0.113. The molecule has 0 aliphatic rings. The van der Waals surface area contributed by atoms with Crippen molar-refractivity contribution in [3.63, 3.8) is 0 Å². The Morgan fingerprint density at radius 1 is 1.20 bits per heavy atom. The molecule has 0 aliphatic heterocycles. The van der Waals surface area contributed by atoms with Crippen molar-refractivity contribution in [1.29, 1.82) is 0 Å². The lowest BCUT2D eigenvalue weighted by Crippen LogP contribution is -2.19. The van der Waals surface area contributed by atoms with Gasteiger partial charge in [-0.1, -0.05) is 45.7 Å². The van der Waals surface area contributed by atoms with Crippen LogP contribution in [0.5, 0.6) is 0 Å². The topological polar surface area (TPSA) is 59.1 Å². The molecule has 128 valence electrons. The minimum atomic E-state index is -1.41. The van der Waals surface area contributed by atoms with Crippen LogP contribution in [0.15, 0.2) is 63.3 Å². The zero-order chi connectivity index (χ0) is 17.8. The molecule has 0 spiro atoms. The molecule has 0 aliphatic carbocycles. The Morgan fingerprint density at radius 2 is 1.92 bits per heavy atom. The van der Waals surface area contributed by atoms with Gasteiger partial charge < -0.3 is 5.32 Å². The molecule has 0 radical (unpaired) electrons. The van der Waals surface area contributed by atoms with E-state index in [1.165, 1.54) is 11.3 Å². The van der Waals surface area contributed by atoms with Crippen LogP contribution in [0.2, 0.25) is 5.02 Å². The molecule has 8 heteroatoms. The number of anilines is 1. The Morgan fingerprint density at radius 3 is 2.64 bits per heavy atom. The zero-order valence-electron chi connectivity index (χ0n) is 12.7. The average Bonchev–Trinajstić information content (AvgIpc) is 3.03. The number of thiazole rings is 1. The number of nitrogens with zero attached hydrogens (tertiary/aromatic N) is 1. The van der Waals surface area contributed by atoms with E-state index in [4.69, 9.17) is 11.6 Å². The van der Waals surface area contributed by atoms with Gasteiger partial charge in [0.05, 0.1) is 16.5 Å². The van der Waals surface area contributed by atoms with Gasteiger partial charge in [-0.25, -0.2) is 4.98 Å². The SMILES string of the molecule is O=C(CS(=O)c1ccc(Br)cc1)Nc1nc(-c2ccccc2Cl)cs1. The Kier molecular flexibility index (Phi) is 6.01. The molecule has 1 amide bonds. The summed E-state index contributed by atoms with van der Waals surface area (Å²) in [7, 11) is -1.41. The number of hydrogen-bond donors (Lipinski definition) is 1. The van der Waals surface area contributed by atoms with Crippen LogP contribution in [-0.2, 0) is 15.6 Å². The van der Waals surface area contributed by atoms with Crippen LogP contribution in [0.3, 0.4) is 0 Å². The fourth-order valence-electron chi connectivity index (χ4n) is 2.07. The number of nitrogens with one attached hydrogen (secondary N) is 1. The van der Waals surface area contributed by atoms with Gasteiger partial charge in [0.2, 0.25) is 5.91 Å². The van der Waals surface area contributed by atoms with Crippen molar-refractivity contribution in [2.45, 2.75) is 4.90 Å². The first-order valence-electron chi connectivity index (χ1n) is 7.17. The minimum Gasteiger partial charge on any atom is -0.301 e. The summed E-state index contributed by atoms with van der Waals surface area (Å²) in [5.41, 5.74) is 1.50. The van der Waals surface area contributed by atoms with E-state index in [1.807, 2.05) is 23.6 Å². The highest BCUT2D eigenvalue weighted by atomic mass is 79.9. The Hall–Kier alpha value is -1.54. The molecule has 4 nitrogen and oxygen atoms in total. The van der Waals surface area contributed by atoms with Crippen molar-refractivity contribution in [3.05, 3.63) is 63.4 Å². The third-order valence-corrected chi connectivity index (χ3v) is 6.18. The predicted octanol–water partition coefficient (Wildman–Crippen LogP) is 4.97. The van der Waals surface area contributed by atoms with E-state index >= 15 is 0 Å². The van der Waals surface area contributed by atoms with Crippen LogP contribution in [0, 0.1) is 0 Å². The van der Waals surface area contributed by atoms with Gasteiger partial charge in [-0.3, -0.25) is 9.00 Å². The third-order valence-electron chi connectivity index (χ3n) is 3.24. The first-order valence-corrected chi connectivity index (χ1v) is 10.5. The van der Waals surface area contributed by atoms with Gasteiger partial charge in [0.15, 0.2) is 5.13 Å². The van der Waals surface area contributed by atoms with E-state index in [0.717, 1.165) is 10.0 Å². The van der Waals surface area contributed by atoms with Crippen molar-refractivity contribution in [3.8, 4) is 11.3 Å². The lowest BCUT2D eigenvalue weighted by atomic mass is 10.2. The highest BCUT2D eigenvalue weighted by molar-refractivity contribution is 9.10.